The first-order chi connectivity index (χ1) is 15.1. The summed E-state index contributed by atoms with van der Waals surface area (Å²) in [5.74, 6) is 1.75. The lowest BCUT2D eigenvalue weighted by molar-refractivity contribution is 0.0955. The molecule has 7 nitrogen and oxygen atoms in total. The summed E-state index contributed by atoms with van der Waals surface area (Å²) in [5, 5.41) is 4.04. The van der Waals surface area contributed by atoms with Crippen molar-refractivity contribution < 1.29 is 19.0 Å². The molecule has 0 saturated carbocycles. The molecule has 1 heterocycles. The zero-order valence-electron chi connectivity index (χ0n) is 17.8. The Hall–Kier alpha value is -3.87. The minimum atomic E-state index is -0.335. The number of hydrazone groups is 1. The highest BCUT2D eigenvalue weighted by atomic mass is 16.5. The minimum Gasteiger partial charge on any atom is -0.497 e. The highest BCUT2D eigenvalue weighted by molar-refractivity contribution is 5.95. The predicted molar refractivity (Wildman–Crippen MR) is 120 cm³/mol. The van der Waals surface area contributed by atoms with Gasteiger partial charge in [-0.25, -0.2) is 5.43 Å². The van der Waals surface area contributed by atoms with Gasteiger partial charge in [0.05, 0.1) is 32.7 Å². The van der Waals surface area contributed by atoms with Crippen LogP contribution in [0.15, 0.2) is 65.9 Å². The van der Waals surface area contributed by atoms with Crippen LogP contribution in [0.2, 0.25) is 0 Å². The quantitative estimate of drug-likeness (QED) is 0.413. The molecule has 3 rings (SSSR count). The fourth-order valence-electron chi connectivity index (χ4n) is 2.81. The van der Waals surface area contributed by atoms with Crippen molar-refractivity contribution >= 4 is 12.1 Å². The van der Waals surface area contributed by atoms with E-state index in [1.165, 1.54) is 6.21 Å². The van der Waals surface area contributed by atoms with Crippen molar-refractivity contribution in [2.45, 2.75) is 13.3 Å². The van der Waals surface area contributed by atoms with E-state index < -0.39 is 0 Å². The Morgan fingerprint density at radius 2 is 1.71 bits per heavy atom. The molecule has 0 bridgehead atoms. The number of hydrogen-bond acceptors (Lipinski definition) is 6. The number of hydrogen-bond donors (Lipinski definition) is 1. The van der Waals surface area contributed by atoms with Crippen LogP contribution in [-0.2, 0) is 0 Å². The number of pyridine rings is 1. The van der Waals surface area contributed by atoms with Gasteiger partial charge in [0, 0.05) is 29.0 Å². The Morgan fingerprint density at radius 1 is 1.00 bits per heavy atom. The number of ether oxygens (including phenoxy) is 3. The first-order valence-electron chi connectivity index (χ1n) is 9.88. The first-order valence-corrected chi connectivity index (χ1v) is 9.88. The predicted octanol–water partition coefficient (Wildman–Crippen LogP) is 4.32. The van der Waals surface area contributed by atoms with E-state index >= 15 is 0 Å². The van der Waals surface area contributed by atoms with Gasteiger partial charge in [-0.2, -0.15) is 5.10 Å². The lowest BCUT2D eigenvalue weighted by Gasteiger charge is -2.07. The molecule has 0 fully saturated rings. The number of carbonyl (C=O) groups excluding carboxylic acids is 1. The standard InChI is InChI=1S/C24H25N3O4/c1-4-11-31-20-7-5-18(6-8-20)23-14-19(9-10-25-23)24(28)27-26-16-17-12-21(29-2)15-22(13-17)30-3/h5-10,12-16H,4,11H2,1-3H3,(H,27,28)/b26-16+. The number of methoxy groups -OCH3 is 2. The maximum Gasteiger partial charge on any atom is 0.271 e. The third-order valence-electron chi connectivity index (χ3n) is 4.40. The SMILES string of the molecule is CCCOc1ccc(-c2cc(C(=O)N/N=C/c3cc(OC)cc(OC)c3)ccn2)cc1. The molecular formula is C24H25N3O4. The average molecular weight is 419 g/mol. The Kier molecular flexibility index (Phi) is 7.59. The summed E-state index contributed by atoms with van der Waals surface area (Å²) >= 11 is 0. The van der Waals surface area contributed by atoms with Gasteiger partial charge in [0.2, 0.25) is 0 Å². The van der Waals surface area contributed by atoms with Crippen LogP contribution >= 0.6 is 0 Å². The molecule has 1 aromatic heterocycles. The first kappa shape index (κ1) is 21.8. The van der Waals surface area contributed by atoms with Crippen molar-refractivity contribution in [3.63, 3.8) is 0 Å². The van der Waals surface area contributed by atoms with Crippen molar-refractivity contribution in [1.29, 1.82) is 0 Å². The van der Waals surface area contributed by atoms with Crippen molar-refractivity contribution in [1.82, 2.24) is 10.4 Å². The van der Waals surface area contributed by atoms with E-state index in [9.17, 15) is 4.79 Å². The Labute approximate surface area is 181 Å². The van der Waals surface area contributed by atoms with Gasteiger partial charge in [0.25, 0.3) is 5.91 Å². The second-order valence-electron chi connectivity index (χ2n) is 6.65. The molecule has 1 amide bonds. The molecule has 0 saturated heterocycles. The summed E-state index contributed by atoms with van der Waals surface area (Å²) in [5.41, 5.74) is 5.31. The van der Waals surface area contributed by atoms with Crippen LogP contribution in [0.1, 0.15) is 29.3 Å². The Bertz CT molecular complexity index is 1030. The molecule has 1 N–H and O–H groups in total. The zero-order valence-corrected chi connectivity index (χ0v) is 17.8. The van der Waals surface area contributed by atoms with Gasteiger partial charge in [-0.05, 0) is 55.0 Å². The van der Waals surface area contributed by atoms with Gasteiger partial charge in [0.15, 0.2) is 0 Å². The van der Waals surface area contributed by atoms with Crippen molar-refractivity contribution in [3.8, 4) is 28.5 Å². The van der Waals surface area contributed by atoms with Crippen LogP contribution < -0.4 is 19.6 Å². The van der Waals surface area contributed by atoms with Gasteiger partial charge in [-0.15, -0.1) is 0 Å². The van der Waals surface area contributed by atoms with E-state index in [0.717, 1.165) is 23.3 Å². The number of nitrogens with one attached hydrogen (secondary N) is 1. The molecule has 2 aromatic carbocycles. The molecule has 160 valence electrons. The summed E-state index contributed by atoms with van der Waals surface area (Å²) in [6, 6.07) is 16.3. The lowest BCUT2D eigenvalue weighted by atomic mass is 10.1. The highest BCUT2D eigenvalue weighted by Crippen LogP contribution is 2.22. The third-order valence-corrected chi connectivity index (χ3v) is 4.40. The van der Waals surface area contributed by atoms with E-state index in [2.05, 4.69) is 22.4 Å². The van der Waals surface area contributed by atoms with Crippen LogP contribution in [0, 0.1) is 0 Å². The van der Waals surface area contributed by atoms with E-state index in [4.69, 9.17) is 14.2 Å². The van der Waals surface area contributed by atoms with Crippen molar-refractivity contribution in [2.24, 2.45) is 5.10 Å². The molecule has 3 aromatic rings. The summed E-state index contributed by atoms with van der Waals surface area (Å²) < 4.78 is 16.1. The smallest absolute Gasteiger partial charge is 0.271 e. The van der Waals surface area contributed by atoms with E-state index in [1.54, 1.807) is 50.7 Å². The molecule has 0 atom stereocenters. The Balaban J connectivity index is 1.68. The van der Waals surface area contributed by atoms with Gasteiger partial charge in [-0.3, -0.25) is 9.78 Å². The molecule has 0 spiro atoms. The summed E-state index contributed by atoms with van der Waals surface area (Å²) in [7, 11) is 3.15. The number of amides is 1. The van der Waals surface area contributed by atoms with Crippen LogP contribution in [0.25, 0.3) is 11.3 Å². The van der Waals surface area contributed by atoms with Crippen LogP contribution in [-0.4, -0.2) is 37.9 Å². The molecule has 0 radical (unpaired) electrons. The molecule has 0 aliphatic rings. The molecule has 7 heteroatoms. The van der Waals surface area contributed by atoms with Crippen LogP contribution in [0.3, 0.4) is 0 Å². The number of nitrogens with zero attached hydrogens (tertiary/aromatic N) is 2. The van der Waals surface area contributed by atoms with E-state index in [0.29, 0.717) is 29.4 Å². The topological polar surface area (TPSA) is 82.0 Å². The monoisotopic (exact) mass is 419 g/mol. The highest BCUT2D eigenvalue weighted by Gasteiger charge is 2.08. The summed E-state index contributed by atoms with van der Waals surface area (Å²) in [4.78, 5) is 16.9. The molecule has 0 unspecified atom stereocenters. The summed E-state index contributed by atoms with van der Waals surface area (Å²) in [6.07, 6.45) is 4.08. The molecule has 31 heavy (non-hydrogen) atoms. The number of rotatable bonds is 9. The number of aromatic nitrogens is 1. The van der Waals surface area contributed by atoms with Crippen molar-refractivity contribution in [2.75, 3.05) is 20.8 Å². The average Bonchev–Trinajstić information content (AvgIpc) is 2.82. The van der Waals surface area contributed by atoms with Gasteiger partial charge >= 0.3 is 0 Å². The number of carbonyl (C=O) groups is 1. The second-order valence-corrected chi connectivity index (χ2v) is 6.65. The summed E-state index contributed by atoms with van der Waals surface area (Å²) in [6.45, 7) is 2.74. The zero-order chi connectivity index (χ0) is 22.1. The normalized spacial score (nSPS) is 10.7. The maximum absolute atomic E-state index is 12.5. The fraction of sp³-hybridized carbons (Fsp3) is 0.208. The van der Waals surface area contributed by atoms with Gasteiger partial charge in [0.1, 0.15) is 17.2 Å². The second kappa shape index (κ2) is 10.8. The van der Waals surface area contributed by atoms with Gasteiger partial charge in [-0.1, -0.05) is 6.92 Å². The fourth-order valence-corrected chi connectivity index (χ4v) is 2.81. The maximum atomic E-state index is 12.5. The number of benzene rings is 2. The minimum absolute atomic E-state index is 0.335. The molecule has 0 aliphatic heterocycles. The van der Waals surface area contributed by atoms with Crippen LogP contribution in [0.5, 0.6) is 17.2 Å². The van der Waals surface area contributed by atoms with E-state index in [-0.39, 0.29) is 5.91 Å². The third kappa shape index (κ3) is 6.05. The van der Waals surface area contributed by atoms with Crippen LogP contribution in [0.4, 0.5) is 0 Å². The van der Waals surface area contributed by atoms with Gasteiger partial charge < -0.3 is 14.2 Å². The lowest BCUT2D eigenvalue weighted by Crippen LogP contribution is -2.17. The Morgan fingerprint density at radius 3 is 2.35 bits per heavy atom. The largest absolute Gasteiger partial charge is 0.497 e. The van der Waals surface area contributed by atoms with Crippen molar-refractivity contribution in [3.05, 3.63) is 71.9 Å². The van der Waals surface area contributed by atoms with E-state index in [1.807, 2.05) is 24.3 Å². The molecular weight excluding hydrogens is 394 g/mol. The molecule has 0 aliphatic carbocycles.